The van der Waals surface area contributed by atoms with E-state index < -0.39 is 0 Å². The monoisotopic (exact) mass is 348 g/mol. The third-order valence-electron chi connectivity index (χ3n) is 5.29. The van der Waals surface area contributed by atoms with Crippen molar-refractivity contribution in [2.45, 2.75) is 25.7 Å². The number of hydrogen-bond acceptors (Lipinski definition) is 4. The summed E-state index contributed by atoms with van der Waals surface area (Å²) < 4.78 is 0. The zero-order valence-electron chi connectivity index (χ0n) is 14.6. The molecule has 2 aliphatic rings. The topological polar surface area (TPSA) is 80.9 Å². The summed E-state index contributed by atoms with van der Waals surface area (Å²) in [7, 11) is 0. The van der Waals surface area contributed by atoms with Gasteiger partial charge in [-0.2, -0.15) is 0 Å². The van der Waals surface area contributed by atoms with Crippen LogP contribution in [0.4, 0.5) is 0 Å². The summed E-state index contributed by atoms with van der Waals surface area (Å²) in [5.74, 6) is -0.0149. The Kier molecular flexibility index (Phi) is 3.58. The van der Waals surface area contributed by atoms with Gasteiger partial charge in [-0.25, -0.2) is 0 Å². The maximum Gasteiger partial charge on any atom is 0.119 e. The van der Waals surface area contributed by atoms with Crippen molar-refractivity contribution in [2.75, 3.05) is 0 Å². The molecule has 4 nitrogen and oxygen atoms in total. The zero-order chi connectivity index (χ0) is 18.6. The molecule has 0 radical (unpaired) electrons. The minimum Gasteiger partial charge on any atom is -0.508 e. The number of phenolic OH excluding ortho intramolecular Hbond substituents is 4. The smallest absolute Gasteiger partial charge is 0.119 e. The molecule has 0 heterocycles. The summed E-state index contributed by atoms with van der Waals surface area (Å²) in [6.45, 7) is 3.81. The van der Waals surface area contributed by atoms with Gasteiger partial charge in [0.2, 0.25) is 0 Å². The Labute approximate surface area is 151 Å². The van der Waals surface area contributed by atoms with E-state index in [1.54, 1.807) is 30.3 Å². The van der Waals surface area contributed by atoms with Crippen LogP contribution in [-0.2, 0) is 0 Å². The number of aromatic hydroxyl groups is 4. The van der Waals surface area contributed by atoms with Gasteiger partial charge in [0.05, 0.1) is 0 Å². The molecule has 3 aromatic carbocycles. The van der Waals surface area contributed by atoms with Gasteiger partial charge in [-0.1, -0.05) is 18.2 Å². The van der Waals surface area contributed by atoms with Crippen LogP contribution in [0.5, 0.6) is 23.0 Å². The molecule has 2 atom stereocenters. The quantitative estimate of drug-likeness (QED) is 0.517. The molecule has 0 saturated heterocycles. The first-order chi connectivity index (χ1) is 12.4. The maximum atomic E-state index is 10.6. The van der Waals surface area contributed by atoms with E-state index >= 15 is 0 Å². The first-order valence-electron chi connectivity index (χ1n) is 8.51. The molecule has 0 saturated carbocycles. The van der Waals surface area contributed by atoms with Crippen LogP contribution < -0.4 is 0 Å². The summed E-state index contributed by atoms with van der Waals surface area (Å²) in [6.07, 6.45) is 0. The molecule has 0 amide bonds. The fourth-order valence-corrected chi connectivity index (χ4v) is 4.09. The minimum absolute atomic E-state index is 0.107. The number of phenols is 4. The van der Waals surface area contributed by atoms with E-state index in [9.17, 15) is 20.4 Å². The molecule has 4 N–H and O–H groups in total. The van der Waals surface area contributed by atoms with Crippen molar-refractivity contribution < 1.29 is 20.4 Å². The Morgan fingerprint density at radius 3 is 1.69 bits per heavy atom. The highest BCUT2D eigenvalue weighted by Crippen LogP contribution is 2.56. The summed E-state index contributed by atoms with van der Waals surface area (Å²) in [4.78, 5) is 0. The van der Waals surface area contributed by atoms with E-state index in [-0.39, 0.29) is 34.8 Å². The molecule has 0 fully saturated rings. The second-order valence-corrected chi connectivity index (χ2v) is 7.03. The highest BCUT2D eigenvalue weighted by atomic mass is 16.3. The standard InChI is InChI=1S/C22H20O4/c1-11-3-5-15(18(24)7-11)22-17-10-19(25)16(9-20(17)26)21(22)14-6-4-13(23)8-12(14)2/h3-10,21-26H,1-2H3. The van der Waals surface area contributed by atoms with E-state index in [4.69, 9.17) is 0 Å². The fourth-order valence-electron chi connectivity index (χ4n) is 4.09. The van der Waals surface area contributed by atoms with Crippen molar-refractivity contribution in [3.05, 3.63) is 81.9 Å². The molecule has 2 aliphatic carbocycles. The van der Waals surface area contributed by atoms with Crippen LogP contribution >= 0.6 is 0 Å². The van der Waals surface area contributed by atoms with Crippen LogP contribution in [0.15, 0.2) is 48.5 Å². The molecule has 2 unspecified atom stereocenters. The lowest BCUT2D eigenvalue weighted by Gasteiger charge is -2.36. The Morgan fingerprint density at radius 2 is 1.12 bits per heavy atom. The average Bonchev–Trinajstić information content (AvgIpc) is 2.56. The number of rotatable bonds is 2. The van der Waals surface area contributed by atoms with Gasteiger partial charge >= 0.3 is 0 Å². The second-order valence-electron chi connectivity index (χ2n) is 7.03. The summed E-state index contributed by atoms with van der Waals surface area (Å²) >= 11 is 0. The molecule has 0 aromatic heterocycles. The van der Waals surface area contributed by atoms with Crippen molar-refractivity contribution >= 4 is 0 Å². The minimum atomic E-state index is -0.324. The fraction of sp³-hybridized carbons (Fsp3) is 0.182. The van der Waals surface area contributed by atoms with Crippen LogP contribution in [0.2, 0.25) is 0 Å². The molecule has 26 heavy (non-hydrogen) atoms. The lowest BCUT2D eigenvalue weighted by molar-refractivity contribution is 0.417. The van der Waals surface area contributed by atoms with Crippen LogP contribution in [-0.4, -0.2) is 20.4 Å². The molecule has 3 aromatic rings. The molecule has 4 heteroatoms. The largest absolute Gasteiger partial charge is 0.508 e. The highest BCUT2D eigenvalue weighted by Gasteiger charge is 2.39. The third kappa shape index (κ3) is 2.37. The first-order valence-corrected chi connectivity index (χ1v) is 8.51. The highest BCUT2D eigenvalue weighted by molar-refractivity contribution is 5.63. The van der Waals surface area contributed by atoms with Gasteiger partial charge in [-0.15, -0.1) is 0 Å². The van der Waals surface area contributed by atoms with E-state index in [2.05, 4.69) is 0 Å². The van der Waals surface area contributed by atoms with Gasteiger partial charge in [-0.05, 0) is 60.9 Å². The maximum absolute atomic E-state index is 10.6. The molecular weight excluding hydrogens is 328 g/mol. The molecular formula is C22H20O4. The van der Waals surface area contributed by atoms with E-state index in [0.29, 0.717) is 16.7 Å². The van der Waals surface area contributed by atoms with Crippen LogP contribution in [0.3, 0.4) is 0 Å². The summed E-state index contributed by atoms with van der Waals surface area (Å²) in [5.41, 5.74) is 4.64. The SMILES string of the molecule is Cc1ccc(C2c3cc(O)c(cc3O)C2c2ccc(O)cc2C)c(O)c1. The van der Waals surface area contributed by atoms with Gasteiger partial charge in [0.25, 0.3) is 0 Å². The second kappa shape index (κ2) is 5.70. The van der Waals surface area contributed by atoms with Crippen LogP contribution in [0.1, 0.15) is 45.2 Å². The summed E-state index contributed by atoms with van der Waals surface area (Å²) in [6, 6.07) is 13.8. The van der Waals surface area contributed by atoms with Crippen LogP contribution in [0.25, 0.3) is 0 Å². The van der Waals surface area contributed by atoms with Gasteiger partial charge in [0, 0.05) is 28.5 Å². The van der Waals surface area contributed by atoms with E-state index in [0.717, 1.165) is 16.7 Å². The van der Waals surface area contributed by atoms with Crippen molar-refractivity contribution in [2.24, 2.45) is 0 Å². The number of hydrogen-bond donors (Lipinski definition) is 4. The number of aryl methyl sites for hydroxylation is 2. The Balaban J connectivity index is 1.98. The lowest BCUT2D eigenvalue weighted by atomic mass is 9.67. The van der Waals surface area contributed by atoms with Gasteiger partial charge in [0.15, 0.2) is 0 Å². The van der Waals surface area contributed by atoms with Crippen molar-refractivity contribution in [3.8, 4) is 23.0 Å². The van der Waals surface area contributed by atoms with Gasteiger partial charge in [0.1, 0.15) is 23.0 Å². The Hall–Kier alpha value is -3.14. The number of benzene rings is 3. The molecule has 5 rings (SSSR count). The Morgan fingerprint density at radius 1 is 0.577 bits per heavy atom. The molecule has 2 bridgehead atoms. The number of fused-ring (bicyclic) bond motifs is 3. The lowest BCUT2D eigenvalue weighted by Crippen LogP contribution is -2.20. The first kappa shape index (κ1) is 16.3. The normalized spacial score (nSPS) is 18.2. The molecule has 0 spiro atoms. The van der Waals surface area contributed by atoms with Crippen molar-refractivity contribution in [1.29, 1.82) is 0 Å². The molecule has 132 valence electrons. The summed E-state index contributed by atoms with van der Waals surface area (Å²) in [5, 5.41) is 41.1. The predicted octanol–water partition coefficient (Wildman–Crippen LogP) is 4.40. The predicted molar refractivity (Wildman–Crippen MR) is 99.1 cm³/mol. The van der Waals surface area contributed by atoms with Crippen LogP contribution in [0, 0.1) is 13.8 Å². The van der Waals surface area contributed by atoms with E-state index in [1.165, 1.54) is 0 Å². The third-order valence-corrected chi connectivity index (χ3v) is 5.29. The Bertz CT molecular complexity index is 940. The van der Waals surface area contributed by atoms with Gasteiger partial charge < -0.3 is 20.4 Å². The van der Waals surface area contributed by atoms with Crippen molar-refractivity contribution in [3.63, 3.8) is 0 Å². The zero-order valence-corrected chi connectivity index (χ0v) is 14.6. The average molecular weight is 348 g/mol. The molecule has 0 aliphatic heterocycles. The van der Waals surface area contributed by atoms with Gasteiger partial charge in [-0.3, -0.25) is 0 Å². The van der Waals surface area contributed by atoms with E-state index in [1.807, 2.05) is 32.0 Å². The van der Waals surface area contributed by atoms with Crippen molar-refractivity contribution in [1.82, 2.24) is 0 Å².